The van der Waals surface area contributed by atoms with Gasteiger partial charge < -0.3 is 14.6 Å². The molecule has 122 valence electrons. The number of likely N-dealkylation sites (N-methyl/N-ethyl adjacent to an activating group) is 1. The summed E-state index contributed by atoms with van der Waals surface area (Å²) in [6, 6.07) is 0.298. The largest absolute Gasteiger partial charge is 0.373 e. The van der Waals surface area contributed by atoms with E-state index in [-0.39, 0.29) is 16.9 Å². The monoisotopic (exact) mass is 297 g/mol. The van der Waals surface area contributed by atoms with E-state index in [0.717, 1.165) is 13.0 Å². The van der Waals surface area contributed by atoms with Crippen LogP contribution in [0.3, 0.4) is 0 Å². The summed E-state index contributed by atoms with van der Waals surface area (Å²) in [4.78, 5) is 4.54. The third kappa shape index (κ3) is 5.08. The Morgan fingerprint density at radius 2 is 1.76 bits per heavy atom. The minimum Gasteiger partial charge on any atom is -0.373 e. The third-order valence-corrected chi connectivity index (χ3v) is 3.62. The summed E-state index contributed by atoms with van der Waals surface area (Å²) in [6.07, 6.45) is 0.562. The Morgan fingerprint density at radius 1 is 1.14 bits per heavy atom. The molecule has 21 heavy (non-hydrogen) atoms. The molecule has 0 fully saturated rings. The van der Waals surface area contributed by atoms with Crippen molar-refractivity contribution in [2.45, 2.75) is 67.0 Å². The Labute approximate surface area is 128 Å². The number of hydrogen-bond donors (Lipinski definition) is 1. The predicted molar refractivity (Wildman–Crippen MR) is 84.1 cm³/mol. The van der Waals surface area contributed by atoms with Crippen LogP contribution in [0.25, 0.3) is 0 Å². The molecule has 1 aromatic rings. The first-order chi connectivity index (χ1) is 9.59. The number of rotatable bonds is 6. The zero-order chi connectivity index (χ0) is 16.3. The molecule has 0 radical (unpaired) electrons. The predicted octanol–water partition coefficient (Wildman–Crippen LogP) is 3.37. The van der Waals surface area contributed by atoms with Gasteiger partial charge in [-0.05, 0) is 17.4 Å². The number of hydrogen-bond acceptors (Lipinski definition) is 5. The molecule has 0 aliphatic heterocycles. The average Bonchev–Trinajstić information content (AvgIpc) is 2.74. The molecule has 2 unspecified atom stereocenters. The van der Waals surface area contributed by atoms with Crippen LogP contribution in [-0.4, -0.2) is 29.8 Å². The Kier molecular flexibility index (Phi) is 5.93. The summed E-state index contributed by atoms with van der Waals surface area (Å²) in [5.41, 5.74) is 0.0658. The summed E-state index contributed by atoms with van der Waals surface area (Å²) in [7, 11) is 1.68. The SMILES string of the molecule is CCNC(Cc1nc(C(OC)C(C)(C)C)no1)C(C)(C)C. The van der Waals surface area contributed by atoms with Crippen LogP contribution in [0.2, 0.25) is 0 Å². The van der Waals surface area contributed by atoms with E-state index in [1.165, 1.54) is 0 Å². The Hall–Kier alpha value is -0.940. The van der Waals surface area contributed by atoms with Crippen LogP contribution in [-0.2, 0) is 11.2 Å². The fourth-order valence-corrected chi connectivity index (χ4v) is 2.41. The molecule has 0 aliphatic rings. The Bertz CT molecular complexity index is 429. The lowest BCUT2D eigenvalue weighted by molar-refractivity contribution is 0.00718. The van der Waals surface area contributed by atoms with Crippen molar-refractivity contribution in [3.8, 4) is 0 Å². The molecule has 0 bridgehead atoms. The van der Waals surface area contributed by atoms with Gasteiger partial charge in [0.25, 0.3) is 0 Å². The number of nitrogens with zero attached hydrogens (tertiary/aromatic N) is 2. The second kappa shape index (κ2) is 6.88. The number of nitrogens with one attached hydrogen (secondary N) is 1. The highest BCUT2D eigenvalue weighted by molar-refractivity contribution is 4.98. The van der Waals surface area contributed by atoms with Crippen LogP contribution in [0.5, 0.6) is 0 Å². The number of aromatic nitrogens is 2. The van der Waals surface area contributed by atoms with Crippen LogP contribution >= 0.6 is 0 Å². The normalized spacial score (nSPS) is 16.0. The van der Waals surface area contributed by atoms with Gasteiger partial charge in [-0.15, -0.1) is 0 Å². The van der Waals surface area contributed by atoms with E-state index in [1.807, 2.05) is 0 Å². The fraction of sp³-hybridized carbons (Fsp3) is 0.875. The molecular weight excluding hydrogens is 266 g/mol. The first kappa shape index (κ1) is 18.1. The highest BCUT2D eigenvalue weighted by atomic mass is 16.5. The van der Waals surface area contributed by atoms with Crippen molar-refractivity contribution < 1.29 is 9.26 Å². The molecule has 0 amide bonds. The van der Waals surface area contributed by atoms with E-state index < -0.39 is 0 Å². The maximum Gasteiger partial charge on any atom is 0.228 e. The molecule has 2 atom stereocenters. The van der Waals surface area contributed by atoms with Crippen molar-refractivity contribution >= 4 is 0 Å². The molecule has 1 N–H and O–H groups in total. The summed E-state index contributed by atoms with van der Waals surface area (Å²) < 4.78 is 11.0. The molecule has 0 saturated carbocycles. The molecule has 1 rings (SSSR count). The highest BCUT2D eigenvalue weighted by Gasteiger charge is 2.32. The standard InChI is InChI=1S/C16H31N3O2/c1-9-17-11(15(2,3)4)10-12-18-14(19-21-12)13(20-8)16(5,6)7/h11,13,17H,9-10H2,1-8H3. The molecule has 0 spiro atoms. The van der Waals surface area contributed by atoms with Crippen LogP contribution in [0.4, 0.5) is 0 Å². The minimum atomic E-state index is -0.165. The molecule has 5 nitrogen and oxygen atoms in total. The fourth-order valence-electron chi connectivity index (χ4n) is 2.41. The zero-order valence-corrected chi connectivity index (χ0v) is 14.8. The van der Waals surface area contributed by atoms with E-state index in [1.54, 1.807) is 7.11 Å². The van der Waals surface area contributed by atoms with Gasteiger partial charge in [0.05, 0.1) is 0 Å². The van der Waals surface area contributed by atoms with Crippen molar-refractivity contribution in [3.05, 3.63) is 11.7 Å². The van der Waals surface area contributed by atoms with Crippen molar-refractivity contribution in [2.75, 3.05) is 13.7 Å². The molecule has 1 aromatic heterocycles. The maximum absolute atomic E-state index is 5.53. The third-order valence-electron chi connectivity index (χ3n) is 3.62. The Balaban J connectivity index is 2.88. The van der Waals surface area contributed by atoms with Crippen molar-refractivity contribution in [1.29, 1.82) is 0 Å². The second-order valence-electron chi connectivity index (χ2n) is 7.71. The summed E-state index contributed by atoms with van der Waals surface area (Å²) >= 11 is 0. The van der Waals surface area contributed by atoms with Gasteiger partial charge in [0.2, 0.25) is 11.7 Å². The lowest BCUT2D eigenvalue weighted by Gasteiger charge is -2.30. The minimum absolute atomic E-state index is 0.0685. The van der Waals surface area contributed by atoms with Crippen molar-refractivity contribution in [3.63, 3.8) is 0 Å². The van der Waals surface area contributed by atoms with Gasteiger partial charge >= 0.3 is 0 Å². The molecule has 0 aliphatic carbocycles. The molecule has 0 aromatic carbocycles. The van der Waals surface area contributed by atoms with Crippen molar-refractivity contribution in [2.24, 2.45) is 10.8 Å². The quantitative estimate of drug-likeness (QED) is 0.872. The van der Waals surface area contributed by atoms with Crippen LogP contribution in [0.1, 0.15) is 66.3 Å². The summed E-state index contributed by atoms with van der Waals surface area (Å²) in [5.74, 6) is 1.29. The summed E-state index contributed by atoms with van der Waals surface area (Å²) in [6.45, 7) is 16.0. The van der Waals surface area contributed by atoms with E-state index in [2.05, 4.69) is 63.9 Å². The molecular formula is C16H31N3O2. The van der Waals surface area contributed by atoms with Gasteiger partial charge in [-0.25, -0.2) is 0 Å². The van der Waals surface area contributed by atoms with Crippen LogP contribution in [0.15, 0.2) is 4.52 Å². The maximum atomic E-state index is 5.53. The molecule has 1 heterocycles. The Morgan fingerprint density at radius 3 is 2.19 bits per heavy atom. The average molecular weight is 297 g/mol. The van der Waals surface area contributed by atoms with Crippen molar-refractivity contribution in [1.82, 2.24) is 15.5 Å². The van der Waals surface area contributed by atoms with E-state index in [4.69, 9.17) is 9.26 Å². The summed E-state index contributed by atoms with van der Waals surface area (Å²) in [5, 5.41) is 7.60. The van der Waals surface area contributed by atoms with E-state index in [9.17, 15) is 0 Å². The van der Waals surface area contributed by atoms with Gasteiger partial charge in [-0.1, -0.05) is 53.6 Å². The smallest absolute Gasteiger partial charge is 0.228 e. The number of ether oxygens (including phenoxy) is 1. The lowest BCUT2D eigenvalue weighted by Crippen LogP contribution is -2.42. The first-order valence-corrected chi connectivity index (χ1v) is 7.68. The topological polar surface area (TPSA) is 60.2 Å². The second-order valence-corrected chi connectivity index (χ2v) is 7.71. The molecule has 5 heteroatoms. The lowest BCUT2D eigenvalue weighted by atomic mass is 9.84. The van der Waals surface area contributed by atoms with Crippen LogP contribution < -0.4 is 5.32 Å². The van der Waals surface area contributed by atoms with Gasteiger partial charge in [-0.3, -0.25) is 0 Å². The van der Waals surface area contributed by atoms with Gasteiger partial charge in [-0.2, -0.15) is 4.98 Å². The van der Waals surface area contributed by atoms with Gasteiger partial charge in [0.1, 0.15) is 6.10 Å². The van der Waals surface area contributed by atoms with Crippen LogP contribution in [0, 0.1) is 10.8 Å². The van der Waals surface area contributed by atoms with E-state index >= 15 is 0 Å². The van der Waals surface area contributed by atoms with Gasteiger partial charge in [0, 0.05) is 19.6 Å². The van der Waals surface area contributed by atoms with E-state index in [0.29, 0.717) is 17.8 Å². The zero-order valence-electron chi connectivity index (χ0n) is 14.8. The van der Waals surface area contributed by atoms with Gasteiger partial charge in [0.15, 0.2) is 0 Å². The molecule has 0 saturated heterocycles. The number of methoxy groups -OCH3 is 1. The highest BCUT2D eigenvalue weighted by Crippen LogP contribution is 2.34. The first-order valence-electron chi connectivity index (χ1n) is 7.68.